The van der Waals surface area contributed by atoms with Crippen LogP contribution in [0.5, 0.6) is 5.88 Å². The molecule has 0 spiro atoms. The number of hydrogen-bond donors (Lipinski definition) is 1. The third-order valence-corrected chi connectivity index (χ3v) is 6.67. The first-order valence-electron chi connectivity index (χ1n) is 10.9. The normalized spacial score (nSPS) is 24.9. The molecule has 0 bridgehead atoms. The summed E-state index contributed by atoms with van der Waals surface area (Å²) >= 11 is 0. The zero-order valence-corrected chi connectivity index (χ0v) is 19.0. The fourth-order valence-electron chi connectivity index (χ4n) is 4.97. The van der Waals surface area contributed by atoms with Crippen LogP contribution in [0, 0.1) is 23.5 Å². The molecule has 0 radical (unpaired) electrons. The monoisotopic (exact) mass is 467 g/mol. The number of carbonyl (C=O) groups excluding carboxylic acids is 1. The van der Waals surface area contributed by atoms with Gasteiger partial charge in [0.2, 0.25) is 5.88 Å². The Morgan fingerprint density at radius 3 is 2.79 bits per heavy atom. The van der Waals surface area contributed by atoms with E-state index in [0.29, 0.717) is 28.9 Å². The van der Waals surface area contributed by atoms with Crippen molar-refractivity contribution in [1.29, 1.82) is 5.26 Å². The summed E-state index contributed by atoms with van der Waals surface area (Å²) < 4.78 is 31.0. The molecule has 2 atom stereocenters. The zero-order valence-electron chi connectivity index (χ0n) is 19.0. The second-order valence-corrected chi connectivity index (χ2v) is 9.16. The van der Waals surface area contributed by atoms with Gasteiger partial charge < -0.3 is 15.3 Å². The number of ether oxygens (including phenoxy) is 1. The molecule has 1 fully saturated rings. The van der Waals surface area contributed by atoms with Gasteiger partial charge in [0.25, 0.3) is 5.92 Å². The molecule has 0 aliphatic carbocycles. The van der Waals surface area contributed by atoms with Crippen LogP contribution in [-0.4, -0.2) is 55.0 Å². The molecular formula is C24H23F2N5O3. The van der Waals surface area contributed by atoms with Gasteiger partial charge in [-0.15, -0.1) is 0 Å². The molecule has 3 aliphatic rings. The lowest BCUT2D eigenvalue weighted by molar-refractivity contribution is -0.132. The standard InChI is InChI=1S/C24H23F2N5O3/c1-13-10-28-22(34-7-6-30-11-24(25,26)12-30)20-19-16-5-4-15(9-27)8-17(16)31(3,33)23(32)18(19)14(2)29-21(13)20/h4-5,8,10,19,29H,6-7,11-12H2,1-3H3. The molecule has 1 aromatic carbocycles. The van der Waals surface area contributed by atoms with Gasteiger partial charge in [-0.1, -0.05) is 6.07 Å². The lowest BCUT2D eigenvalue weighted by Gasteiger charge is -2.45. The summed E-state index contributed by atoms with van der Waals surface area (Å²) in [4.78, 5) is 19.5. The first kappa shape index (κ1) is 22.4. The predicted octanol–water partition coefficient (Wildman–Crippen LogP) is 3.40. The molecule has 2 unspecified atom stereocenters. The Morgan fingerprint density at radius 1 is 1.38 bits per heavy atom. The van der Waals surface area contributed by atoms with E-state index in [9.17, 15) is 24.0 Å². The van der Waals surface area contributed by atoms with Gasteiger partial charge in [-0.3, -0.25) is 9.55 Å². The number of alkyl halides is 2. The van der Waals surface area contributed by atoms with Crippen LogP contribution in [0.4, 0.5) is 20.2 Å². The highest BCUT2D eigenvalue weighted by Crippen LogP contribution is 2.53. The number of hydrogen-bond acceptors (Lipinski definition) is 7. The van der Waals surface area contributed by atoms with Crippen molar-refractivity contribution < 1.29 is 18.3 Å². The number of aryl methyl sites for hydroxylation is 1. The molecule has 176 valence electrons. The maximum Gasteiger partial charge on any atom is 0.349 e. The lowest BCUT2D eigenvalue weighted by Crippen LogP contribution is -2.57. The highest BCUT2D eigenvalue weighted by molar-refractivity contribution is 6.09. The van der Waals surface area contributed by atoms with Gasteiger partial charge in [-0.2, -0.15) is 5.26 Å². The predicted molar refractivity (Wildman–Crippen MR) is 121 cm³/mol. The maximum atomic E-state index is 13.5. The molecule has 34 heavy (non-hydrogen) atoms. The average molecular weight is 467 g/mol. The Kier molecular flexibility index (Phi) is 4.98. The second kappa shape index (κ2) is 7.56. The minimum absolute atomic E-state index is 0.146. The van der Waals surface area contributed by atoms with Gasteiger partial charge in [0.05, 0.1) is 54.5 Å². The Labute approximate surface area is 195 Å². The third kappa shape index (κ3) is 3.36. The summed E-state index contributed by atoms with van der Waals surface area (Å²) in [5.41, 5.74) is 4.17. The molecule has 1 aromatic heterocycles. The highest BCUT2D eigenvalue weighted by Gasteiger charge is 2.49. The number of quaternary nitrogens is 1. The van der Waals surface area contributed by atoms with Gasteiger partial charge >= 0.3 is 5.91 Å². The summed E-state index contributed by atoms with van der Waals surface area (Å²) in [5, 5.41) is 26.0. The number of nitriles is 1. The summed E-state index contributed by atoms with van der Waals surface area (Å²) in [6.07, 6.45) is 1.65. The summed E-state index contributed by atoms with van der Waals surface area (Å²) in [5.74, 6) is -3.61. The number of nitrogens with one attached hydrogen (secondary N) is 1. The number of halogens is 2. The molecule has 0 saturated carbocycles. The van der Waals surface area contributed by atoms with Crippen molar-refractivity contribution in [2.75, 3.05) is 38.6 Å². The van der Waals surface area contributed by atoms with Gasteiger partial charge in [-0.05, 0) is 25.5 Å². The van der Waals surface area contributed by atoms with Crippen LogP contribution in [0.1, 0.15) is 35.1 Å². The lowest BCUT2D eigenvalue weighted by atomic mass is 9.76. The van der Waals surface area contributed by atoms with E-state index in [1.165, 1.54) is 13.1 Å². The summed E-state index contributed by atoms with van der Waals surface area (Å²) in [6.45, 7) is 3.50. The van der Waals surface area contributed by atoms with Crippen molar-refractivity contribution in [2.24, 2.45) is 0 Å². The molecule has 1 saturated heterocycles. The van der Waals surface area contributed by atoms with Crippen LogP contribution < -0.4 is 14.7 Å². The van der Waals surface area contributed by atoms with Crippen molar-refractivity contribution >= 4 is 17.3 Å². The van der Waals surface area contributed by atoms with Gasteiger partial charge in [-0.25, -0.2) is 18.6 Å². The largest absolute Gasteiger partial charge is 0.620 e. The topological polar surface area (TPSA) is 101 Å². The molecular weight excluding hydrogens is 444 g/mol. The number of anilines is 1. The first-order valence-corrected chi connectivity index (χ1v) is 10.9. The van der Waals surface area contributed by atoms with E-state index in [1.807, 2.05) is 13.0 Å². The minimum atomic E-state index is -2.65. The molecule has 1 N–H and O–H groups in total. The number of benzene rings is 1. The number of likely N-dealkylation sites (tertiary alicyclic amines) is 1. The van der Waals surface area contributed by atoms with E-state index in [0.717, 1.165) is 11.3 Å². The number of carbonyl (C=O) groups is 1. The molecule has 8 nitrogen and oxygen atoms in total. The van der Waals surface area contributed by atoms with Crippen LogP contribution in [0.2, 0.25) is 0 Å². The van der Waals surface area contributed by atoms with Crippen molar-refractivity contribution in [2.45, 2.75) is 25.7 Å². The van der Waals surface area contributed by atoms with E-state index >= 15 is 0 Å². The Bertz CT molecular complexity index is 1290. The van der Waals surface area contributed by atoms with Crippen LogP contribution in [0.25, 0.3) is 0 Å². The van der Waals surface area contributed by atoms with E-state index < -0.39 is 22.4 Å². The number of fused-ring (bicyclic) bond motifs is 5. The molecule has 10 heteroatoms. The number of aromatic nitrogens is 1. The van der Waals surface area contributed by atoms with Crippen LogP contribution in [-0.2, 0) is 4.79 Å². The number of nitrogens with zero attached hydrogens (tertiary/aromatic N) is 4. The first-order chi connectivity index (χ1) is 16.0. The molecule has 2 aromatic rings. The second-order valence-electron chi connectivity index (χ2n) is 9.16. The van der Waals surface area contributed by atoms with Gasteiger partial charge in [0.15, 0.2) is 0 Å². The molecule has 1 amide bonds. The van der Waals surface area contributed by atoms with E-state index in [-0.39, 0.29) is 36.8 Å². The van der Waals surface area contributed by atoms with Gasteiger partial charge in [0, 0.05) is 30.1 Å². The highest BCUT2D eigenvalue weighted by atomic mass is 19.3. The smallest absolute Gasteiger partial charge is 0.349 e. The zero-order chi connectivity index (χ0) is 24.4. The number of pyridine rings is 1. The summed E-state index contributed by atoms with van der Waals surface area (Å²) in [7, 11) is 1.27. The molecule has 4 heterocycles. The summed E-state index contributed by atoms with van der Waals surface area (Å²) in [6, 6.07) is 6.81. The van der Waals surface area contributed by atoms with Crippen molar-refractivity contribution in [3.8, 4) is 11.9 Å². The number of amides is 1. The van der Waals surface area contributed by atoms with Crippen LogP contribution >= 0.6 is 0 Å². The number of hydroxylamine groups is 2. The minimum Gasteiger partial charge on any atom is -0.620 e. The molecule has 3 aliphatic heterocycles. The fourth-order valence-corrected chi connectivity index (χ4v) is 4.97. The van der Waals surface area contributed by atoms with Crippen molar-refractivity contribution in [3.63, 3.8) is 0 Å². The fraction of sp³-hybridized carbons (Fsp3) is 0.375. The maximum absolute atomic E-state index is 13.5. The van der Waals surface area contributed by atoms with E-state index in [4.69, 9.17) is 4.74 Å². The Hall–Kier alpha value is -3.39. The van der Waals surface area contributed by atoms with Crippen molar-refractivity contribution in [1.82, 2.24) is 14.5 Å². The number of allylic oxidation sites excluding steroid dienone is 1. The quantitative estimate of drug-likeness (QED) is 0.543. The Morgan fingerprint density at radius 2 is 2.12 bits per heavy atom. The Balaban J connectivity index is 1.59. The third-order valence-electron chi connectivity index (χ3n) is 6.67. The number of likely N-dealkylation sites (N-methyl/N-ethyl adjacent to an activating group) is 1. The van der Waals surface area contributed by atoms with Crippen LogP contribution in [0.3, 0.4) is 0 Å². The van der Waals surface area contributed by atoms with Crippen molar-refractivity contribution in [3.05, 3.63) is 63.1 Å². The van der Waals surface area contributed by atoms with Gasteiger partial charge in [0.1, 0.15) is 12.3 Å². The SMILES string of the molecule is CC1=C2C(=O)[N+](C)([O-])c3cc(C#N)ccc3C2c2c(OCCN3CC(F)(F)C3)ncc(C)c2N1. The van der Waals surface area contributed by atoms with Crippen LogP contribution in [0.15, 0.2) is 35.7 Å². The number of rotatable bonds is 4. The van der Waals surface area contributed by atoms with E-state index in [1.54, 1.807) is 30.2 Å². The van der Waals surface area contributed by atoms with E-state index in [2.05, 4.69) is 10.3 Å². The average Bonchev–Trinajstić information content (AvgIpc) is 2.77. The molecule has 5 rings (SSSR count).